The van der Waals surface area contributed by atoms with Gasteiger partial charge in [0.25, 0.3) is 0 Å². The number of halogens is 4. The molecule has 0 saturated carbocycles. The molecule has 0 aromatic heterocycles. The Hall–Kier alpha value is -1.10. The highest BCUT2D eigenvalue weighted by Crippen LogP contribution is 2.30. The molecule has 0 heterocycles. The Labute approximate surface area is 114 Å². The predicted molar refractivity (Wildman–Crippen MR) is 69.8 cm³/mol. The van der Waals surface area contributed by atoms with Gasteiger partial charge < -0.3 is 10.4 Å². The molecule has 0 aliphatic carbocycles. The molecule has 1 amide bonds. The summed E-state index contributed by atoms with van der Waals surface area (Å²) in [5.41, 5.74) is -4.16. The van der Waals surface area contributed by atoms with Crippen LogP contribution in [0.2, 0.25) is 5.02 Å². The van der Waals surface area contributed by atoms with Gasteiger partial charge in [-0.2, -0.15) is 8.78 Å². The van der Waals surface area contributed by atoms with Crippen molar-refractivity contribution in [3.8, 4) is 0 Å². The van der Waals surface area contributed by atoms with E-state index in [0.29, 0.717) is 0 Å². The van der Waals surface area contributed by atoms with E-state index in [2.05, 4.69) is 6.30 Å². The monoisotopic (exact) mass is 311 g/mol. The summed E-state index contributed by atoms with van der Waals surface area (Å²) >= 11 is 5.71. The van der Waals surface area contributed by atoms with E-state index in [1.807, 2.05) is 0 Å². The molecule has 0 aliphatic rings. The minimum Gasteiger partial charge on any atom is -0.396 e. The van der Waals surface area contributed by atoms with E-state index >= 15 is 0 Å². The quantitative estimate of drug-likeness (QED) is 0.822. The van der Waals surface area contributed by atoms with Gasteiger partial charge in [-0.1, -0.05) is 17.9 Å². The lowest BCUT2D eigenvalue weighted by molar-refractivity contribution is -0.129. The SMILES string of the molecule is C=PC(F)(F)C(=O)Nc1ccc(Cl)c(CCO)c1F. The standard InChI is InChI=1S/C11H10ClF3NO2P/c1-19-11(14,15)10(18)16-8-3-2-7(12)6(4-5-17)9(8)13/h2-3,17H,1,4-5H2,(H,16,18). The van der Waals surface area contributed by atoms with E-state index in [4.69, 9.17) is 16.7 Å². The summed E-state index contributed by atoms with van der Waals surface area (Å²) in [4.78, 5) is 11.2. The number of alkyl halides is 2. The molecule has 2 N–H and O–H groups in total. The number of anilines is 1. The number of carbonyl (C=O) groups excluding carboxylic acids is 1. The third-order valence-electron chi connectivity index (χ3n) is 2.27. The lowest BCUT2D eigenvalue weighted by Crippen LogP contribution is -2.29. The zero-order valence-corrected chi connectivity index (χ0v) is 11.2. The van der Waals surface area contributed by atoms with Crippen LogP contribution in [0.5, 0.6) is 0 Å². The smallest absolute Gasteiger partial charge is 0.363 e. The van der Waals surface area contributed by atoms with Gasteiger partial charge in [-0.25, -0.2) is 4.39 Å². The summed E-state index contributed by atoms with van der Waals surface area (Å²) < 4.78 is 39.9. The van der Waals surface area contributed by atoms with Crippen LogP contribution in [-0.2, 0) is 11.2 Å². The number of rotatable bonds is 5. The minimum absolute atomic E-state index is 0.0440. The molecule has 0 radical (unpaired) electrons. The Morgan fingerprint density at radius 3 is 2.68 bits per heavy atom. The summed E-state index contributed by atoms with van der Waals surface area (Å²) in [5, 5.41) is 10.6. The first kappa shape index (κ1) is 16.0. The number of benzene rings is 1. The summed E-state index contributed by atoms with van der Waals surface area (Å²) in [5.74, 6) is -2.59. The Balaban J connectivity index is 3.06. The maximum atomic E-state index is 13.9. The number of amides is 1. The van der Waals surface area contributed by atoms with E-state index in [1.165, 1.54) is 6.07 Å². The van der Waals surface area contributed by atoms with Crippen molar-refractivity contribution < 1.29 is 23.1 Å². The van der Waals surface area contributed by atoms with Gasteiger partial charge in [-0.15, -0.1) is 0 Å². The van der Waals surface area contributed by atoms with Crippen LogP contribution < -0.4 is 5.32 Å². The summed E-state index contributed by atoms with van der Waals surface area (Å²) in [6.45, 7) is -0.359. The lowest BCUT2D eigenvalue weighted by atomic mass is 10.1. The maximum Gasteiger partial charge on any atom is 0.363 e. The highest BCUT2D eigenvalue weighted by molar-refractivity contribution is 7.39. The molecular formula is C11H10ClF3NO2P. The number of aliphatic hydroxyl groups excluding tert-OH is 1. The van der Waals surface area contributed by atoms with Gasteiger partial charge in [-0.3, -0.25) is 4.79 Å². The molecule has 3 nitrogen and oxygen atoms in total. The highest BCUT2D eigenvalue weighted by Gasteiger charge is 2.36. The average Bonchev–Trinajstić information content (AvgIpc) is 2.37. The molecule has 0 bridgehead atoms. The van der Waals surface area contributed by atoms with Crippen LogP contribution >= 0.6 is 19.8 Å². The fourth-order valence-corrected chi connectivity index (χ4v) is 1.74. The highest BCUT2D eigenvalue weighted by atomic mass is 35.5. The van der Waals surface area contributed by atoms with Crippen molar-refractivity contribution in [3.05, 3.63) is 28.5 Å². The van der Waals surface area contributed by atoms with Crippen LogP contribution in [-0.4, -0.2) is 29.6 Å². The van der Waals surface area contributed by atoms with Crippen LogP contribution in [0.25, 0.3) is 0 Å². The van der Waals surface area contributed by atoms with Gasteiger partial charge >= 0.3 is 11.6 Å². The van der Waals surface area contributed by atoms with E-state index < -0.39 is 31.3 Å². The normalized spacial score (nSPS) is 11.6. The Bertz CT molecular complexity index is 511. The van der Waals surface area contributed by atoms with E-state index in [9.17, 15) is 18.0 Å². The molecule has 1 rings (SSSR count). The zero-order chi connectivity index (χ0) is 14.6. The first-order valence-electron chi connectivity index (χ1n) is 5.08. The van der Waals surface area contributed by atoms with Gasteiger partial charge in [0.15, 0.2) is 5.82 Å². The Morgan fingerprint density at radius 1 is 1.53 bits per heavy atom. The maximum absolute atomic E-state index is 13.9. The second kappa shape index (κ2) is 6.37. The molecule has 1 aromatic carbocycles. The fraction of sp³-hybridized carbons (Fsp3) is 0.273. The van der Waals surface area contributed by atoms with Crippen LogP contribution in [0.15, 0.2) is 12.1 Å². The molecule has 0 unspecified atom stereocenters. The molecule has 0 atom stereocenters. The Kier molecular flexibility index (Phi) is 5.35. The van der Waals surface area contributed by atoms with Gasteiger partial charge in [0.2, 0.25) is 0 Å². The molecule has 0 fully saturated rings. The van der Waals surface area contributed by atoms with E-state index in [-0.39, 0.29) is 23.6 Å². The predicted octanol–water partition coefficient (Wildman–Crippen LogP) is 2.92. The third kappa shape index (κ3) is 3.69. The zero-order valence-electron chi connectivity index (χ0n) is 9.59. The van der Waals surface area contributed by atoms with Crippen LogP contribution in [0.3, 0.4) is 0 Å². The second-order valence-corrected chi connectivity index (χ2v) is 4.80. The van der Waals surface area contributed by atoms with Crippen molar-refractivity contribution in [2.24, 2.45) is 0 Å². The van der Waals surface area contributed by atoms with Crippen molar-refractivity contribution in [1.82, 2.24) is 0 Å². The van der Waals surface area contributed by atoms with Gasteiger partial charge in [-0.05, 0) is 26.8 Å². The fourth-order valence-electron chi connectivity index (χ4n) is 1.30. The number of hydrogen-bond donors (Lipinski definition) is 2. The largest absolute Gasteiger partial charge is 0.396 e. The summed E-state index contributed by atoms with van der Waals surface area (Å²) in [6.07, 6.45) is 2.83. The average molecular weight is 312 g/mol. The molecule has 19 heavy (non-hydrogen) atoms. The molecule has 104 valence electrons. The van der Waals surface area contributed by atoms with Gasteiger partial charge in [0, 0.05) is 17.2 Å². The minimum atomic E-state index is -3.71. The molecule has 0 saturated heterocycles. The van der Waals surface area contributed by atoms with Gasteiger partial charge in [0.1, 0.15) is 0 Å². The molecule has 8 heteroatoms. The molecule has 0 spiro atoms. The van der Waals surface area contributed by atoms with Crippen molar-refractivity contribution in [1.29, 1.82) is 0 Å². The molecule has 0 aliphatic heterocycles. The van der Waals surface area contributed by atoms with Crippen LogP contribution in [0, 0.1) is 5.82 Å². The van der Waals surface area contributed by atoms with E-state index in [1.54, 1.807) is 5.32 Å². The number of aliphatic hydroxyl groups is 1. The second-order valence-electron chi connectivity index (χ2n) is 3.51. The summed E-state index contributed by atoms with van der Waals surface area (Å²) in [7, 11) is -0.691. The number of hydrogen-bond acceptors (Lipinski definition) is 2. The van der Waals surface area contributed by atoms with Crippen molar-refractivity contribution in [3.63, 3.8) is 0 Å². The van der Waals surface area contributed by atoms with Crippen molar-refractivity contribution >= 4 is 37.7 Å². The topological polar surface area (TPSA) is 49.3 Å². The lowest BCUT2D eigenvalue weighted by Gasteiger charge is -2.14. The van der Waals surface area contributed by atoms with Crippen molar-refractivity contribution in [2.75, 3.05) is 11.9 Å². The third-order valence-corrected chi connectivity index (χ3v) is 3.22. The molecular weight excluding hydrogens is 302 g/mol. The summed E-state index contributed by atoms with van der Waals surface area (Å²) in [6, 6.07) is 2.33. The number of nitrogens with one attached hydrogen (secondary N) is 1. The van der Waals surface area contributed by atoms with Crippen molar-refractivity contribution in [2.45, 2.75) is 12.1 Å². The number of carbonyl (C=O) groups is 1. The Morgan fingerprint density at radius 2 is 2.16 bits per heavy atom. The van der Waals surface area contributed by atoms with Gasteiger partial charge in [0.05, 0.1) is 5.69 Å². The first-order valence-corrected chi connectivity index (χ1v) is 6.54. The molecule has 1 aromatic rings. The van der Waals surface area contributed by atoms with Crippen LogP contribution in [0.4, 0.5) is 18.9 Å². The first-order chi connectivity index (χ1) is 8.83. The van der Waals surface area contributed by atoms with E-state index in [0.717, 1.165) is 6.07 Å². The van der Waals surface area contributed by atoms with Crippen LogP contribution in [0.1, 0.15) is 5.56 Å².